The number of carboxylic acid groups (broad SMARTS) is 1. The molecular formula is C6H4N4O3S. The van der Waals surface area contributed by atoms with Crippen LogP contribution >= 0.6 is 11.8 Å². The van der Waals surface area contributed by atoms with E-state index in [9.17, 15) is 4.79 Å². The molecule has 8 heteroatoms. The minimum absolute atomic E-state index is 0.132. The zero-order valence-corrected chi connectivity index (χ0v) is 7.48. The maximum atomic E-state index is 10.4. The van der Waals surface area contributed by atoms with E-state index < -0.39 is 5.97 Å². The van der Waals surface area contributed by atoms with Crippen molar-refractivity contribution in [2.45, 2.75) is 10.4 Å². The smallest absolute Gasteiger partial charge is 0.357 e. The fourth-order valence-corrected chi connectivity index (χ4v) is 1.33. The second-order valence-electron chi connectivity index (χ2n) is 2.20. The third-order valence-corrected chi connectivity index (χ3v) is 2.03. The Morgan fingerprint density at radius 1 is 1.64 bits per heavy atom. The van der Waals surface area contributed by atoms with E-state index in [0.29, 0.717) is 5.16 Å². The van der Waals surface area contributed by atoms with E-state index in [1.807, 2.05) is 0 Å². The summed E-state index contributed by atoms with van der Waals surface area (Å²) >= 11 is 1.06. The zero-order chi connectivity index (χ0) is 9.97. The van der Waals surface area contributed by atoms with E-state index in [4.69, 9.17) is 9.52 Å². The quantitative estimate of drug-likeness (QED) is 0.769. The van der Waals surface area contributed by atoms with Crippen LogP contribution in [0.4, 0.5) is 0 Å². The lowest BCUT2D eigenvalue weighted by Crippen LogP contribution is -1.95. The lowest BCUT2D eigenvalue weighted by molar-refractivity contribution is 0.0690. The van der Waals surface area contributed by atoms with Crippen LogP contribution in [0.5, 0.6) is 0 Å². The van der Waals surface area contributed by atoms with Crippen LogP contribution in [0.3, 0.4) is 0 Å². The van der Waals surface area contributed by atoms with Crippen molar-refractivity contribution in [3.63, 3.8) is 0 Å². The molecule has 2 N–H and O–H groups in total. The van der Waals surface area contributed by atoms with Gasteiger partial charge in [0.1, 0.15) is 12.6 Å². The number of carboxylic acids is 1. The molecule has 0 radical (unpaired) electrons. The third-order valence-electron chi connectivity index (χ3n) is 1.28. The minimum atomic E-state index is -1.13. The molecule has 0 saturated carbocycles. The molecule has 0 atom stereocenters. The summed E-state index contributed by atoms with van der Waals surface area (Å²) in [6, 6.07) is 0. The first-order valence-electron chi connectivity index (χ1n) is 3.48. The van der Waals surface area contributed by atoms with Crippen molar-refractivity contribution >= 4 is 17.7 Å². The first kappa shape index (κ1) is 8.75. The normalized spacial score (nSPS) is 10.3. The number of carbonyl (C=O) groups is 1. The van der Waals surface area contributed by atoms with Gasteiger partial charge in [0.15, 0.2) is 10.9 Å². The molecule has 14 heavy (non-hydrogen) atoms. The standard InChI is InChI=1S/C6H4N4O3S/c11-4(12)3-1-13-6(9-3)14-5-7-2-8-10-5/h1-2H,(H,11,12)(H,7,8,10). The summed E-state index contributed by atoms with van der Waals surface area (Å²) in [4.78, 5) is 18.0. The van der Waals surface area contributed by atoms with Crippen molar-refractivity contribution in [3.05, 3.63) is 18.3 Å². The summed E-state index contributed by atoms with van der Waals surface area (Å²) in [6.45, 7) is 0. The summed E-state index contributed by atoms with van der Waals surface area (Å²) in [7, 11) is 0. The number of hydrogen-bond acceptors (Lipinski definition) is 6. The van der Waals surface area contributed by atoms with Crippen LogP contribution in [-0.2, 0) is 0 Å². The first-order valence-corrected chi connectivity index (χ1v) is 4.29. The zero-order valence-electron chi connectivity index (χ0n) is 6.67. The van der Waals surface area contributed by atoms with Crippen molar-refractivity contribution in [2.24, 2.45) is 0 Å². The molecule has 2 heterocycles. The SMILES string of the molecule is O=C(O)c1coc(Sc2ncn[nH]2)n1. The van der Waals surface area contributed by atoms with E-state index in [-0.39, 0.29) is 10.9 Å². The van der Waals surface area contributed by atoms with Gasteiger partial charge in [0.2, 0.25) is 0 Å². The number of aromatic nitrogens is 4. The van der Waals surface area contributed by atoms with Crippen molar-refractivity contribution in [2.75, 3.05) is 0 Å². The van der Waals surface area contributed by atoms with Gasteiger partial charge in [-0.05, 0) is 0 Å². The molecule has 2 rings (SSSR count). The second-order valence-corrected chi connectivity index (χ2v) is 3.14. The van der Waals surface area contributed by atoms with Crippen LogP contribution in [0, 0.1) is 0 Å². The predicted octanol–water partition coefficient (Wildman–Crippen LogP) is 0.642. The van der Waals surface area contributed by atoms with Crippen LogP contribution in [0.2, 0.25) is 0 Å². The summed E-state index contributed by atoms with van der Waals surface area (Å²) in [5, 5.41) is 15.4. The Kier molecular flexibility index (Phi) is 2.19. The fourth-order valence-electron chi connectivity index (χ4n) is 0.729. The predicted molar refractivity (Wildman–Crippen MR) is 44.0 cm³/mol. The van der Waals surface area contributed by atoms with Gasteiger partial charge in [-0.2, -0.15) is 10.1 Å². The largest absolute Gasteiger partial charge is 0.476 e. The molecule has 0 aliphatic rings. The molecular weight excluding hydrogens is 208 g/mol. The minimum Gasteiger partial charge on any atom is -0.476 e. The Morgan fingerprint density at radius 2 is 2.50 bits per heavy atom. The van der Waals surface area contributed by atoms with Gasteiger partial charge in [-0.25, -0.2) is 9.78 Å². The van der Waals surface area contributed by atoms with E-state index in [1.165, 1.54) is 6.33 Å². The van der Waals surface area contributed by atoms with E-state index in [0.717, 1.165) is 18.0 Å². The molecule has 0 fully saturated rings. The number of rotatable bonds is 3. The highest BCUT2D eigenvalue weighted by Gasteiger charge is 2.12. The second kappa shape index (κ2) is 3.50. The third kappa shape index (κ3) is 1.74. The van der Waals surface area contributed by atoms with E-state index in [1.54, 1.807) is 0 Å². The van der Waals surface area contributed by atoms with Crippen molar-refractivity contribution in [1.29, 1.82) is 0 Å². The van der Waals surface area contributed by atoms with Gasteiger partial charge in [0.25, 0.3) is 5.22 Å². The van der Waals surface area contributed by atoms with E-state index >= 15 is 0 Å². The molecule has 0 aliphatic heterocycles. The molecule has 72 valence electrons. The van der Waals surface area contributed by atoms with Crippen LogP contribution in [0.15, 0.2) is 27.4 Å². The number of H-pyrrole nitrogens is 1. The summed E-state index contributed by atoms with van der Waals surface area (Å²) < 4.78 is 4.88. The molecule has 0 spiro atoms. The first-order chi connectivity index (χ1) is 6.75. The number of hydrogen-bond donors (Lipinski definition) is 2. The molecule has 7 nitrogen and oxygen atoms in total. The Bertz CT molecular complexity index is 438. The maximum absolute atomic E-state index is 10.4. The monoisotopic (exact) mass is 212 g/mol. The van der Waals surface area contributed by atoms with Gasteiger partial charge >= 0.3 is 5.97 Å². The van der Waals surface area contributed by atoms with Crippen LogP contribution in [0.1, 0.15) is 10.5 Å². The van der Waals surface area contributed by atoms with Crippen LogP contribution in [0.25, 0.3) is 0 Å². The molecule has 0 unspecified atom stereocenters. The molecule has 2 aromatic rings. The molecule has 2 aromatic heterocycles. The highest BCUT2D eigenvalue weighted by molar-refractivity contribution is 7.98. The molecule has 0 aromatic carbocycles. The van der Waals surface area contributed by atoms with Gasteiger partial charge in [-0.1, -0.05) is 0 Å². The van der Waals surface area contributed by atoms with Crippen molar-refractivity contribution in [1.82, 2.24) is 20.2 Å². The van der Waals surface area contributed by atoms with Gasteiger partial charge in [0.05, 0.1) is 0 Å². The molecule has 0 aliphatic carbocycles. The highest BCUT2D eigenvalue weighted by Crippen LogP contribution is 2.22. The summed E-state index contributed by atoms with van der Waals surface area (Å²) in [6.07, 6.45) is 2.41. The lowest BCUT2D eigenvalue weighted by Gasteiger charge is -1.86. The highest BCUT2D eigenvalue weighted by atomic mass is 32.2. The van der Waals surface area contributed by atoms with Crippen molar-refractivity contribution < 1.29 is 14.3 Å². The Hall–Kier alpha value is -1.83. The number of oxazole rings is 1. The van der Waals surface area contributed by atoms with Gasteiger partial charge in [0, 0.05) is 11.8 Å². The maximum Gasteiger partial charge on any atom is 0.357 e. The Labute approximate surface area is 81.6 Å². The van der Waals surface area contributed by atoms with Crippen LogP contribution in [-0.4, -0.2) is 31.2 Å². The van der Waals surface area contributed by atoms with Gasteiger partial charge in [-0.15, -0.1) is 0 Å². The topological polar surface area (TPSA) is 105 Å². The average Bonchev–Trinajstić information content (AvgIpc) is 2.75. The number of aromatic carboxylic acids is 1. The van der Waals surface area contributed by atoms with Gasteiger partial charge < -0.3 is 9.52 Å². The fraction of sp³-hybridized carbons (Fsp3) is 0. The lowest BCUT2D eigenvalue weighted by atomic mass is 10.5. The van der Waals surface area contributed by atoms with Crippen LogP contribution < -0.4 is 0 Å². The number of nitrogens with one attached hydrogen (secondary N) is 1. The number of aromatic amines is 1. The summed E-state index contributed by atoms with van der Waals surface area (Å²) in [5.41, 5.74) is -0.132. The van der Waals surface area contributed by atoms with Crippen molar-refractivity contribution in [3.8, 4) is 0 Å². The Morgan fingerprint density at radius 3 is 3.07 bits per heavy atom. The Balaban J connectivity index is 2.14. The number of nitrogens with zero attached hydrogens (tertiary/aromatic N) is 3. The van der Waals surface area contributed by atoms with Gasteiger partial charge in [-0.3, -0.25) is 5.10 Å². The van der Waals surface area contributed by atoms with E-state index in [2.05, 4.69) is 20.2 Å². The molecule has 0 saturated heterocycles. The molecule has 0 amide bonds. The molecule has 0 bridgehead atoms. The average molecular weight is 212 g/mol. The summed E-state index contributed by atoms with van der Waals surface area (Å²) in [5.74, 6) is -1.13.